The van der Waals surface area contributed by atoms with E-state index < -0.39 is 17.3 Å². The standard InChI is InChI=1S/C25H25N3O3/c1-17-23(15-28(18(2)27-17)21-10-6-7-19(13-21)11-12-26)31-16-25(14-22(25)24(29)30)20-8-4-3-5-9-20/h3-10,13,15,18,22H,11,14,16H2,1-2H3,(H,29,30)/t18?,22-,25+/m0/s1. The predicted octanol–water partition coefficient (Wildman–Crippen LogP) is 4.28. The van der Waals surface area contributed by atoms with Crippen LogP contribution in [0.5, 0.6) is 0 Å². The molecule has 1 aliphatic carbocycles. The summed E-state index contributed by atoms with van der Waals surface area (Å²) in [6.07, 6.45) is 2.73. The molecular weight excluding hydrogens is 390 g/mol. The summed E-state index contributed by atoms with van der Waals surface area (Å²) in [6.45, 7) is 4.19. The van der Waals surface area contributed by atoms with E-state index in [1.54, 1.807) is 0 Å². The Kier molecular flexibility index (Phi) is 5.51. The van der Waals surface area contributed by atoms with Crippen molar-refractivity contribution < 1.29 is 14.6 Å². The van der Waals surface area contributed by atoms with Crippen LogP contribution in [-0.2, 0) is 21.4 Å². The lowest BCUT2D eigenvalue weighted by Gasteiger charge is -2.31. The number of anilines is 1. The van der Waals surface area contributed by atoms with Gasteiger partial charge in [-0.1, -0.05) is 42.5 Å². The zero-order valence-corrected chi connectivity index (χ0v) is 17.7. The average Bonchev–Trinajstić information content (AvgIpc) is 3.51. The fourth-order valence-corrected chi connectivity index (χ4v) is 4.25. The lowest BCUT2D eigenvalue weighted by molar-refractivity contribution is -0.139. The molecule has 2 aromatic rings. The number of rotatable bonds is 7. The van der Waals surface area contributed by atoms with E-state index >= 15 is 0 Å². The molecule has 2 aromatic carbocycles. The second-order valence-electron chi connectivity index (χ2n) is 8.16. The molecule has 0 spiro atoms. The Morgan fingerprint density at radius 1 is 1.29 bits per heavy atom. The van der Waals surface area contributed by atoms with Crippen LogP contribution in [0.2, 0.25) is 0 Å². The van der Waals surface area contributed by atoms with Crippen LogP contribution in [0.4, 0.5) is 5.69 Å². The highest BCUT2D eigenvalue weighted by Crippen LogP contribution is 2.55. The van der Waals surface area contributed by atoms with Crippen molar-refractivity contribution in [3.05, 3.63) is 77.7 Å². The quantitative estimate of drug-likeness (QED) is 0.729. The van der Waals surface area contributed by atoms with Gasteiger partial charge >= 0.3 is 5.97 Å². The van der Waals surface area contributed by atoms with Crippen LogP contribution in [0.3, 0.4) is 0 Å². The first kappa shape index (κ1) is 20.7. The number of allylic oxidation sites excluding steroid dienone is 1. The minimum Gasteiger partial charge on any atom is -0.489 e. The summed E-state index contributed by atoms with van der Waals surface area (Å²) in [4.78, 5) is 18.4. The molecule has 0 bridgehead atoms. The average molecular weight is 415 g/mol. The van der Waals surface area contributed by atoms with Crippen molar-refractivity contribution in [2.24, 2.45) is 10.9 Å². The molecule has 3 atom stereocenters. The monoisotopic (exact) mass is 415 g/mol. The number of hydrogen-bond donors (Lipinski definition) is 1. The molecule has 1 N–H and O–H groups in total. The van der Waals surface area contributed by atoms with E-state index in [2.05, 4.69) is 6.07 Å². The van der Waals surface area contributed by atoms with Crippen LogP contribution in [0.15, 0.2) is 71.5 Å². The molecule has 1 aliphatic heterocycles. The third kappa shape index (κ3) is 4.04. The van der Waals surface area contributed by atoms with E-state index in [1.807, 2.05) is 79.5 Å². The third-order valence-corrected chi connectivity index (χ3v) is 6.10. The minimum atomic E-state index is -0.792. The van der Waals surface area contributed by atoms with Crippen molar-refractivity contribution in [2.45, 2.75) is 38.3 Å². The van der Waals surface area contributed by atoms with E-state index in [0.29, 0.717) is 18.6 Å². The Hall–Kier alpha value is -3.59. The van der Waals surface area contributed by atoms with E-state index in [9.17, 15) is 9.90 Å². The number of carboxylic acid groups (broad SMARTS) is 1. The van der Waals surface area contributed by atoms with Crippen LogP contribution in [0, 0.1) is 17.2 Å². The summed E-state index contributed by atoms with van der Waals surface area (Å²) in [5, 5.41) is 18.6. The number of aliphatic carboxylic acids is 1. The molecule has 6 nitrogen and oxygen atoms in total. The second-order valence-corrected chi connectivity index (χ2v) is 8.16. The van der Waals surface area contributed by atoms with E-state index in [0.717, 1.165) is 22.5 Å². The number of benzene rings is 2. The van der Waals surface area contributed by atoms with Crippen LogP contribution < -0.4 is 4.90 Å². The van der Waals surface area contributed by atoms with Gasteiger partial charge in [-0.3, -0.25) is 9.79 Å². The Morgan fingerprint density at radius 3 is 2.74 bits per heavy atom. The second kappa shape index (κ2) is 8.27. The van der Waals surface area contributed by atoms with Gasteiger partial charge in [-0.2, -0.15) is 5.26 Å². The highest BCUT2D eigenvalue weighted by atomic mass is 16.5. The number of carbonyl (C=O) groups is 1. The Bertz CT molecular complexity index is 1090. The topological polar surface area (TPSA) is 85.9 Å². The van der Waals surface area contributed by atoms with Crippen molar-refractivity contribution in [2.75, 3.05) is 11.5 Å². The maximum Gasteiger partial charge on any atom is 0.307 e. The molecule has 158 valence electrons. The fraction of sp³-hybridized carbons (Fsp3) is 0.320. The molecule has 0 amide bonds. The van der Waals surface area contributed by atoms with Crippen molar-refractivity contribution in [3.63, 3.8) is 0 Å². The first-order valence-electron chi connectivity index (χ1n) is 10.4. The van der Waals surface area contributed by atoms with Crippen LogP contribution in [0.1, 0.15) is 31.4 Å². The number of aliphatic imine (C=N–C) groups is 1. The van der Waals surface area contributed by atoms with Gasteiger partial charge in [-0.15, -0.1) is 0 Å². The molecule has 2 aliphatic rings. The number of hydrogen-bond acceptors (Lipinski definition) is 5. The minimum absolute atomic E-state index is 0.111. The van der Waals surface area contributed by atoms with Crippen LogP contribution in [0.25, 0.3) is 0 Å². The van der Waals surface area contributed by atoms with Gasteiger partial charge in [0, 0.05) is 11.1 Å². The normalized spacial score (nSPS) is 24.6. The highest BCUT2D eigenvalue weighted by Gasteiger charge is 2.60. The molecule has 1 heterocycles. The van der Waals surface area contributed by atoms with Crippen molar-refractivity contribution in [1.29, 1.82) is 5.26 Å². The zero-order valence-electron chi connectivity index (χ0n) is 17.7. The van der Waals surface area contributed by atoms with Crippen molar-refractivity contribution in [1.82, 2.24) is 0 Å². The molecule has 31 heavy (non-hydrogen) atoms. The summed E-state index contributed by atoms with van der Waals surface area (Å²) in [5.74, 6) is -0.607. The molecule has 0 saturated heterocycles. The van der Waals surface area contributed by atoms with Gasteiger partial charge in [0.05, 0.1) is 36.9 Å². The summed E-state index contributed by atoms with van der Waals surface area (Å²) in [6, 6.07) is 19.7. The van der Waals surface area contributed by atoms with Crippen molar-refractivity contribution >= 4 is 17.4 Å². The lowest BCUT2D eigenvalue weighted by Crippen LogP contribution is -2.33. The molecule has 1 saturated carbocycles. The van der Waals surface area contributed by atoms with Gasteiger partial charge in [-0.25, -0.2) is 0 Å². The number of ether oxygens (including phenoxy) is 1. The summed E-state index contributed by atoms with van der Waals surface area (Å²) in [5.41, 5.74) is 3.13. The highest BCUT2D eigenvalue weighted by molar-refractivity contribution is 5.98. The first-order chi connectivity index (χ1) is 14.9. The molecule has 1 fully saturated rings. The Balaban J connectivity index is 1.58. The van der Waals surface area contributed by atoms with Gasteiger partial charge in [0.1, 0.15) is 6.17 Å². The molecule has 6 heteroatoms. The van der Waals surface area contributed by atoms with E-state index in [4.69, 9.17) is 15.0 Å². The fourth-order valence-electron chi connectivity index (χ4n) is 4.25. The van der Waals surface area contributed by atoms with Crippen molar-refractivity contribution in [3.8, 4) is 6.07 Å². The molecule has 0 radical (unpaired) electrons. The van der Waals surface area contributed by atoms with Crippen LogP contribution >= 0.6 is 0 Å². The molecular formula is C25H25N3O3. The van der Waals surface area contributed by atoms with E-state index in [1.165, 1.54) is 0 Å². The number of nitriles is 1. The summed E-state index contributed by atoms with van der Waals surface area (Å²) >= 11 is 0. The largest absolute Gasteiger partial charge is 0.489 e. The van der Waals surface area contributed by atoms with Crippen LogP contribution in [-0.4, -0.2) is 29.6 Å². The van der Waals surface area contributed by atoms with Gasteiger partial charge in [0.2, 0.25) is 0 Å². The van der Waals surface area contributed by atoms with Gasteiger partial charge in [-0.05, 0) is 43.5 Å². The Morgan fingerprint density at radius 2 is 2.06 bits per heavy atom. The maximum absolute atomic E-state index is 11.7. The summed E-state index contributed by atoms with van der Waals surface area (Å²) < 4.78 is 6.21. The van der Waals surface area contributed by atoms with E-state index in [-0.39, 0.29) is 12.8 Å². The van der Waals surface area contributed by atoms with Gasteiger partial charge in [0.15, 0.2) is 5.76 Å². The summed E-state index contributed by atoms with van der Waals surface area (Å²) in [7, 11) is 0. The molecule has 4 rings (SSSR count). The number of carboxylic acids is 1. The maximum atomic E-state index is 11.7. The lowest BCUT2D eigenvalue weighted by atomic mass is 9.94. The zero-order chi connectivity index (χ0) is 22.0. The predicted molar refractivity (Wildman–Crippen MR) is 119 cm³/mol. The van der Waals surface area contributed by atoms with Gasteiger partial charge in [0.25, 0.3) is 0 Å². The number of nitrogens with zero attached hydrogens (tertiary/aromatic N) is 3. The van der Waals surface area contributed by atoms with Gasteiger partial charge < -0.3 is 14.7 Å². The third-order valence-electron chi connectivity index (χ3n) is 6.10. The molecule has 1 unspecified atom stereocenters. The first-order valence-corrected chi connectivity index (χ1v) is 10.4. The molecule has 0 aromatic heterocycles. The smallest absolute Gasteiger partial charge is 0.307 e. The SMILES string of the molecule is CC1=NC(C)N(c2cccc(CC#N)c2)C=C1OC[C@@]1(c2ccccc2)C[C@H]1C(=O)O. The Labute approximate surface area is 182 Å².